The van der Waals surface area contributed by atoms with Crippen molar-refractivity contribution in [2.75, 3.05) is 18.5 Å². The first kappa shape index (κ1) is 18.9. The summed E-state index contributed by atoms with van der Waals surface area (Å²) in [5, 5.41) is 3.57. The van der Waals surface area contributed by atoms with Crippen LogP contribution in [0.15, 0.2) is 24.3 Å². The van der Waals surface area contributed by atoms with Crippen molar-refractivity contribution < 1.29 is 14.3 Å². The number of nitrogens with zero attached hydrogens (tertiary/aromatic N) is 2. The summed E-state index contributed by atoms with van der Waals surface area (Å²) < 4.78 is 5.66. The molecule has 1 aliphatic heterocycles. The second kappa shape index (κ2) is 8.31. The van der Waals surface area contributed by atoms with Gasteiger partial charge in [0.15, 0.2) is 5.13 Å². The monoisotopic (exact) mass is 399 g/mol. The number of hydrogen-bond donors (Lipinski definition) is 1. The number of rotatable bonds is 7. The molecular formula is C21H25N3O3S. The predicted octanol–water partition coefficient (Wildman–Crippen LogP) is 3.87. The first-order chi connectivity index (χ1) is 13.6. The van der Waals surface area contributed by atoms with Crippen LogP contribution in [0.25, 0.3) is 0 Å². The molecule has 2 amide bonds. The van der Waals surface area contributed by atoms with Crippen LogP contribution in [0.5, 0.6) is 5.75 Å². The zero-order valence-electron chi connectivity index (χ0n) is 16.1. The standard InChI is InChI=1S/C21H25N3O3S/c1-2-3-12-27-16-8-6-15(7-9-16)20(26)24-11-10-17-18(13-24)28-21(22-17)23-19(25)14-4-5-14/h6-9,14H,2-5,10-13H2,1H3,(H,22,23,25). The molecular weight excluding hydrogens is 374 g/mol. The molecule has 1 saturated carbocycles. The van der Waals surface area contributed by atoms with Crippen molar-refractivity contribution in [3.8, 4) is 5.75 Å². The van der Waals surface area contributed by atoms with Gasteiger partial charge in [0.25, 0.3) is 5.91 Å². The largest absolute Gasteiger partial charge is 0.494 e. The van der Waals surface area contributed by atoms with E-state index in [9.17, 15) is 9.59 Å². The number of aromatic nitrogens is 1. The summed E-state index contributed by atoms with van der Waals surface area (Å²) in [6.45, 7) is 4.01. The Morgan fingerprint density at radius 2 is 2.07 bits per heavy atom. The van der Waals surface area contributed by atoms with Gasteiger partial charge in [-0.25, -0.2) is 4.98 Å². The van der Waals surface area contributed by atoms with Crippen molar-refractivity contribution in [3.05, 3.63) is 40.4 Å². The Hall–Kier alpha value is -2.41. The van der Waals surface area contributed by atoms with Gasteiger partial charge in [-0.1, -0.05) is 24.7 Å². The van der Waals surface area contributed by atoms with E-state index in [1.165, 1.54) is 11.3 Å². The van der Waals surface area contributed by atoms with Crippen LogP contribution in [0.2, 0.25) is 0 Å². The summed E-state index contributed by atoms with van der Waals surface area (Å²) in [7, 11) is 0. The number of hydrogen-bond acceptors (Lipinski definition) is 5. The van der Waals surface area contributed by atoms with Gasteiger partial charge in [0.1, 0.15) is 5.75 Å². The molecule has 148 valence electrons. The molecule has 0 radical (unpaired) electrons. The number of carbonyl (C=O) groups excluding carboxylic acids is 2. The average Bonchev–Trinajstić information content (AvgIpc) is 3.48. The highest BCUT2D eigenvalue weighted by atomic mass is 32.1. The molecule has 7 heteroatoms. The first-order valence-corrected chi connectivity index (χ1v) is 10.8. The summed E-state index contributed by atoms with van der Waals surface area (Å²) in [4.78, 5) is 32.3. The lowest BCUT2D eigenvalue weighted by atomic mass is 10.1. The minimum absolute atomic E-state index is 0.0164. The zero-order chi connectivity index (χ0) is 19.5. The molecule has 0 unspecified atom stereocenters. The highest BCUT2D eigenvalue weighted by Crippen LogP contribution is 2.33. The Morgan fingerprint density at radius 1 is 1.29 bits per heavy atom. The molecule has 6 nitrogen and oxygen atoms in total. The number of benzene rings is 1. The summed E-state index contributed by atoms with van der Waals surface area (Å²) in [5.41, 5.74) is 1.66. The topological polar surface area (TPSA) is 71.5 Å². The van der Waals surface area contributed by atoms with Gasteiger partial charge >= 0.3 is 0 Å². The highest BCUT2D eigenvalue weighted by Gasteiger charge is 2.31. The molecule has 1 aromatic heterocycles. The van der Waals surface area contributed by atoms with Gasteiger partial charge in [0.2, 0.25) is 5.91 Å². The SMILES string of the molecule is CCCCOc1ccc(C(=O)N2CCc3nc(NC(=O)C4CC4)sc3C2)cc1. The van der Waals surface area contributed by atoms with Gasteiger partial charge in [0, 0.05) is 29.3 Å². The van der Waals surface area contributed by atoms with E-state index < -0.39 is 0 Å². The molecule has 1 aromatic carbocycles. The maximum atomic E-state index is 12.9. The lowest BCUT2D eigenvalue weighted by Crippen LogP contribution is -2.35. The number of amides is 2. The fourth-order valence-corrected chi connectivity index (χ4v) is 4.21. The van der Waals surface area contributed by atoms with Crippen LogP contribution in [0.3, 0.4) is 0 Å². The molecule has 1 fully saturated rings. The summed E-state index contributed by atoms with van der Waals surface area (Å²) >= 11 is 1.48. The van der Waals surface area contributed by atoms with E-state index in [1.54, 1.807) is 0 Å². The van der Waals surface area contributed by atoms with E-state index >= 15 is 0 Å². The molecule has 0 saturated heterocycles. The van der Waals surface area contributed by atoms with Gasteiger partial charge in [-0.2, -0.15) is 0 Å². The number of unbranched alkanes of at least 4 members (excludes halogenated alkanes) is 1. The predicted molar refractivity (Wildman–Crippen MR) is 109 cm³/mol. The maximum absolute atomic E-state index is 12.9. The third kappa shape index (κ3) is 4.35. The minimum Gasteiger partial charge on any atom is -0.494 e. The van der Waals surface area contributed by atoms with Gasteiger partial charge in [-0.3, -0.25) is 9.59 Å². The van der Waals surface area contributed by atoms with Crippen LogP contribution >= 0.6 is 11.3 Å². The zero-order valence-corrected chi connectivity index (χ0v) is 16.9. The lowest BCUT2D eigenvalue weighted by molar-refractivity contribution is -0.117. The summed E-state index contributed by atoms with van der Waals surface area (Å²) in [6, 6.07) is 7.37. The second-order valence-corrected chi connectivity index (χ2v) is 8.44. The van der Waals surface area contributed by atoms with Crippen LogP contribution in [0.1, 0.15) is 53.5 Å². The van der Waals surface area contributed by atoms with Crippen molar-refractivity contribution in [2.45, 2.75) is 45.6 Å². The van der Waals surface area contributed by atoms with Crippen molar-refractivity contribution in [2.24, 2.45) is 5.92 Å². The normalized spacial score (nSPS) is 15.8. The maximum Gasteiger partial charge on any atom is 0.254 e. The molecule has 1 N–H and O–H groups in total. The van der Waals surface area contributed by atoms with E-state index in [0.717, 1.165) is 48.4 Å². The molecule has 2 aromatic rings. The van der Waals surface area contributed by atoms with Crippen molar-refractivity contribution >= 4 is 28.3 Å². The molecule has 0 spiro atoms. The van der Waals surface area contributed by atoms with Crippen LogP contribution in [-0.4, -0.2) is 34.8 Å². The van der Waals surface area contributed by atoms with Gasteiger partial charge in [-0.05, 0) is 43.5 Å². The Balaban J connectivity index is 1.37. The molecule has 1 aliphatic carbocycles. The number of carbonyl (C=O) groups is 2. The minimum atomic E-state index is 0.0164. The number of anilines is 1. The Kier molecular flexibility index (Phi) is 5.62. The molecule has 2 aliphatic rings. The number of thiazole rings is 1. The van der Waals surface area contributed by atoms with Gasteiger partial charge in [-0.15, -0.1) is 0 Å². The van der Waals surface area contributed by atoms with Crippen LogP contribution in [0.4, 0.5) is 5.13 Å². The summed E-state index contributed by atoms with van der Waals surface area (Å²) in [6.07, 6.45) is 4.78. The molecule has 0 atom stereocenters. The smallest absolute Gasteiger partial charge is 0.254 e. The number of nitrogens with one attached hydrogen (secondary N) is 1. The van der Waals surface area contributed by atoms with Crippen LogP contribution in [0, 0.1) is 5.92 Å². The number of fused-ring (bicyclic) bond motifs is 1. The van der Waals surface area contributed by atoms with E-state index in [2.05, 4.69) is 17.2 Å². The van der Waals surface area contributed by atoms with Crippen molar-refractivity contribution in [1.82, 2.24) is 9.88 Å². The Morgan fingerprint density at radius 3 is 2.79 bits per heavy atom. The third-order valence-corrected chi connectivity index (χ3v) is 6.06. The molecule has 28 heavy (non-hydrogen) atoms. The number of ether oxygens (including phenoxy) is 1. The second-order valence-electron chi connectivity index (χ2n) is 7.36. The lowest BCUT2D eigenvalue weighted by Gasteiger charge is -2.26. The fourth-order valence-electron chi connectivity index (χ4n) is 3.19. The van der Waals surface area contributed by atoms with Gasteiger partial charge in [0.05, 0.1) is 18.8 Å². The molecule has 2 heterocycles. The highest BCUT2D eigenvalue weighted by molar-refractivity contribution is 7.15. The van der Waals surface area contributed by atoms with Crippen molar-refractivity contribution in [3.63, 3.8) is 0 Å². The molecule has 0 bridgehead atoms. The van der Waals surface area contributed by atoms with Crippen LogP contribution in [-0.2, 0) is 17.8 Å². The van der Waals surface area contributed by atoms with Crippen molar-refractivity contribution in [1.29, 1.82) is 0 Å². The first-order valence-electron chi connectivity index (χ1n) is 9.95. The third-order valence-electron chi connectivity index (χ3n) is 5.06. The summed E-state index contributed by atoms with van der Waals surface area (Å²) in [5.74, 6) is 1.04. The van der Waals surface area contributed by atoms with E-state index in [0.29, 0.717) is 30.4 Å². The Labute approximate surface area is 168 Å². The Bertz CT molecular complexity index is 858. The molecule has 4 rings (SSSR count). The van der Waals surface area contributed by atoms with E-state index in [1.807, 2.05) is 29.2 Å². The van der Waals surface area contributed by atoms with E-state index in [4.69, 9.17) is 4.74 Å². The van der Waals surface area contributed by atoms with E-state index in [-0.39, 0.29) is 17.7 Å². The fraction of sp³-hybridized carbons (Fsp3) is 0.476. The van der Waals surface area contributed by atoms with Crippen LogP contribution < -0.4 is 10.1 Å². The average molecular weight is 400 g/mol. The quantitative estimate of drug-likeness (QED) is 0.718. The van der Waals surface area contributed by atoms with Gasteiger partial charge < -0.3 is 15.0 Å².